The number of rotatable bonds is 13. The van der Waals surface area contributed by atoms with Gasteiger partial charge in [-0.05, 0) is 36.6 Å². The second-order valence-corrected chi connectivity index (χ2v) is 10.3. The van der Waals surface area contributed by atoms with Crippen LogP contribution in [0.2, 0.25) is 0 Å². The zero-order chi connectivity index (χ0) is 27.6. The van der Waals surface area contributed by atoms with Gasteiger partial charge in [-0.2, -0.15) is 5.10 Å². The molecule has 0 radical (unpaired) electrons. The van der Waals surface area contributed by atoms with E-state index in [1.807, 2.05) is 35.9 Å². The highest BCUT2D eigenvalue weighted by Crippen LogP contribution is 2.21. The Kier molecular flexibility index (Phi) is 9.71. The minimum atomic E-state index is -0.109. The number of aromatic nitrogens is 5. The van der Waals surface area contributed by atoms with Gasteiger partial charge in [0.15, 0.2) is 5.16 Å². The molecule has 0 aliphatic heterocycles. The Morgan fingerprint density at radius 2 is 1.72 bits per heavy atom. The number of amides is 1. The van der Waals surface area contributed by atoms with Crippen LogP contribution in [-0.2, 0) is 25.3 Å². The van der Waals surface area contributed by atoms with Crippen LogP contribution in [-0.4, -0.2) is 36.2 Å². The summed E-state index contributed by atoms with van der Waals surface area (Å²) in [6.07, 6.45) is 6.04. The topological polar surface area (TPSA) is 143 Å². The summed E-state index contributed by atoms with van der Waals surface area (Å²) >= 11 is 1.68. The number of nitrogens with zero attached hydrogens (tertiary/aromatic N) is 8. The van der Waals surface area contributed by atoms with Crippen molar-refractivity contribution in [2.45, 2.75) is 50.1 Å². The van der Waals surface area contributed by atoms with Crippen LogP contribution in [0.5, 0.6) is 0 Å². The van der Waals surface area contributed by atoms with E-state index in [0.29, 0.717) is 29.6 Å². The van der Waals surface area contributed by atoms with E-state index in [9.17, 15) is 9.59 Å². The number of aryl methyl sites for hydroxylation is 1. The van der Waals surface area contributed by atoms with Crippen LogP contribution < -0.4 is 10.9 Å². The van der Waals surface area contributed by atoms with Gasteiger partial charge in [-0.1, -0.05) is 66.5 Å². The molecule has 202 valence electrons. The third-order valence-electron chi connectivity index (χ3n) is 6.37. The zero-order valence-electron chi connectivity index (χ0n) is 22.1. The number of nitrogens with one attached hydrogen (secondary N) is 1. The zero-order valence-corrected chi connectivity index (χ0v) is 22.9. The fourth-order valence-electron chi connectivity index (χ4n) is 4.25. The lowest BCUT2D eigenvalue weighted by molar-refractivity contribution is -0.116. The molecule has 11 nitrogen and oxygen atoms in total. The number of azide groups is 1. The van der Waals surface area contributed by atoms with Crippen molar-refractivity contribution in [2.24, 2.45) is 19.2 Å². The first-order valence-corrected chi connectivity index (χ1v) is 13.9. The van der Waals surface area contributed by atoms with E-state index in [0.717, 1.165) is 59.9 Å². The smallest absolute Gasteiger partial charge is 0.274 e. The second-order valence-electron chi connectivity index (χ2n) is 9.21. The molecule has 0 aliphatic carbocycles. The lowest BCUT2D eigenvalue weighted by atomic mass is 10.1. The minimum absolute atomic E-state index is 0.0129. The molecule has 2 heterocycles. The molecule has 2 aromatic heterocycles. The quantitative estimate of drug-likeness (QED) is 0.0754. The first-order valence-electron chi connectivity index (χ1n) is 12.9. The average Bonchev–Trinajstić information content (AvgIpc) is 3.28. The van der Waals surface area contributed by atoms with Crippen molar-refractivity contribution >= 4 is 39.8 Å². The highest BCUT2D eigenvalue weighted by molar-refractivity contribution is 7.99. The lowest BCUT2D eigenvalue weighted by Gasteiger charge is -2.08. The molecule has 0 unspecified atom stereocenters. The van der Waals surface area contributed by atoms with Crippen LogP contribution >= 0.6 is 11.8 Å². The van der Waals surface area contributed by atoms with Crippen molar-refractivity contribution < 1.29 is 4.79 Å². The molecule has 0 spiro atoms. The van der Waals surface area contributed by atoms with E-state index in [1.54, 1.807) is 43.1 Å². The molecule has 0 saturated heterocycles. The molecular formula is C27H31N9O2S. The third-order valence-corrected chi connectivity index (χ3v) is 7.48. The molecule has 0 saturated carbocycles. The summed E-state index contributed by atoms with van der Waals surface area (Å²) in [5.74, 6) is 1.74. The van der Waals surface area contributed by atoms with Crippen molar-refractivity contribution in [3.8, 4) is 0 Å². The first-order chi connectivity index (χ1) is 19.0. The Hall–Kier alpha value is -4.15. The van der Waals surface area contributed by atoms with E-state index in [4.69, 9.17) is 5.53 Å². The van der Waals surface area contributed by atoms with Gasteiger partial charge in [0.1, 0.15) is 5.82 Å². The van der Waals surface area contributed by atoms with Gasteiger partial charge in [0, 0.05) is 47.9 Å². The minimum Gasteiger partial charge on any atom is -0.326 e. The van der Waals surface area contributed by atoms with Crippen LogP contribution in [0.15, 0.2) is 63.6 Å². The van der Waals surface area contributed by atoms with E-state index in [1.165, 1.54) is 4.68 Å². The summed E-state index contributed by atoms with van der Waals surface area (Å²) in [6, 6.07) is 14.3. The van der Waals surface area contributed by atoms with Gasteiger partial charge in [0.2, 0.25) is 5.91 Å². The van der Waals surface area contributed by atoms with Gasteiger partial charge in [0.05, 0.1) is 17.5 Å². The maximum Gasteiger partial charge on any atom is 0.274 e. The molecule has 4 rings (SSSR count). The monoisotopic (exact) mass is 545 g/mol. The predicted molar refractivity (Wildman–Crippen MR) is 153 cm³/mol. The number of anilines is 1. The highest BCUT2D eigenvalue weighted by atomic mass is 32.2. The van der Waals surface area contributed by atoms with E-state index >= 15 is 0 Å². The number of hydrogen-bond acceptors (Lipinski definition) is 7. The normalized spacial score (nSPS) is 10.9. The number of hydrogen-bond donors (Lipinski definition) is 1. The number of thioether (sulfide) groups is 1. The summed E-state index contributed by atoms with van der Waals surface area (Å²) in [7, 11) is 3.63. The van der Waals surface area contributed by atoms with Crippen LogP contribution in [0.25, 0.3) is 21.2 Å². The van der Waals surface area contributed by atoms with Crippen molar-refractivity contribution in [1.29, 1.82) is 0 Å². The maximum atomic E-state index is 12.4. The molecular weight excluding hydrogens is 514 g/mol. The van der Waals surface area contributed by atoms with Gasteiger partial charge in [-0.15, -0.1) is 10.2 Å². The Morgan fingerprint density at radius 1 is 1.00 bits per heavy atom. The summed E-state index contributed by atoms with van der Waals surface area (Å²) in [5, 5.41) is 22.0. The van der Waals surface area contributed by atoms with Gasteiger partial charge in [-0.3, -0.25) is 9.59 Å². The number of carbonyl (C=O) groups excluding carboxylic acids is 1. The molecule has 0 aliphatic rings. The summed E-state index contributed by atoms with van der Waals surface area (Å²) in [6.45, 7) is 0. The Morgan fingerprint density at radius 3 is 2.49 bits per heavy atom. The van der Waals surface area contributed by atoms with Crippen molar-refractivity contribution in [3.05, 3.63) is 80.8 Å². The van der Waals surface area contributed by atoms with Crippen molar-refractivity contribution in [1.82, 2.24) is 24.5 Å². The second kappa shape index (κ2) is 13.6. The maximum absolute atomic E-state index is 12.4. The van der Waals surface area contributed by atoms with Gasteiger partial charge < -0.3 is 9.88 Å². The largest absolute Gasteiger partial charge is 0.326 e. The molecule has 2 aromatic carbocycles. The van der Waals surface area contributed by atoms with Crippen molar-refractivity contribution in [3.63, 3.8) is 0 Å². The van der Waals surface area contributed by atoms with Crippen LogP contribution in [0.3, 0.4) is 0 Å². The van der Waals surface area contributed by atoms with Crippen molar-refractivity contribution in [2.75, 3.05) is 11.1 Å². The summed E-state index contributed by atoms with van der Waals surface area (Å²) < 4.78 is 3.37. The lowest BCUT2D eigenvalue weighted by Crippen LogP contribution is -2.21. The number of benzene rings is 2. The molecule has 39 heavy (non-hydrogen) atoms. The summed E-state index contributed by atoms with van der Waals surface area (Å²) in [4.78, 5) is 27.3. The van der Waals surface area contributed by atoms with Crippen LogP contribution in [0, 0.1) is 0 Å². The van der Waals surface area contributed by atoms with Crippen LogP contribution in [0.1, 0.15) is 50.0 Å². The van der Waals surface area contributed by atoms with Gasteiger partial charge in [0.25, 0.3) is 5.56 Å². The van der Waals surface area contributed by atoms with E-state index in [2.05, 4.69) is 30.6 Å². The molecule has 0 bridgehead atoms. The fourth-order valence-corrected chi connectivity index (χ4v) is 5.18. The van der Waals surface area contributed by atoms with E-state index in [-0.39, 0.29) is 11.5 Å². The summed E-state index contributed by atoms with van der Waals surface area (Å²) in [5.41, 5.74) is 10.3. The predicted octanol–water partition coefficient (Wildman–Crippen LogP) is 5.67. The Labute approximate surface area is 230 Å². The van der Waals surface area contributed by atoms with Gasteiger partial charge in [-0.25, -0.2) is 4.68 Å². The van der Waals surface area contributed by atoms with E-state index < -0.39 is 0 Å². The molecule has 0 fully saturated rings. The molecule has 12 heteroatoms. The highest BCUT2D eigenvalue weighted by Gasteiger charge is 2.14. The molecule has 1 amide bonds. The molecule has 1 N–H and O–H groups in total. The fraction of sp³-hybridized carbons (Fsp3) is 0.370. The molecule has 0 atom stereocenters. The number of unbranched alkanes of at least 4 members (excludes halogenated alkanes) is 4. The third kappa shape index (κ3) is 7.46. The van der Waals surface area contributed by atoms with Crippen LogP contribution in [0.4, 0.5) is 11.4 Å². The Balaban J connectivity index is 1.15. The standard InChI is InChI=1S/C27H31N9O2S/c1-35-24(18-23-21-10-7-8-11-22(21)26(38)36(2)33-23)31-32-27(35)39-17-9-5-3-4-6-12-25(37)29-19-13-15-20(16-14-19)30-34-28/h7-8,10-11,13-16H,3-6,9,12,17-18H2,1-2H3,(H,29,37). The SMILES string of the molecule is Cn1c(Cc2nn(C)c(=O)c3ccccc23)nnc1SCCCCCCCC(=O)Nc1ccc(N=[N+]=[N-])cc1. The number of fused-ring (bicyclic) bond motifs is 1. The first kappa shape index (κ1) is 27.9. The average molecular weight is 546 g/mol. The van der Waals surface area contributed by atoms with Gasteiger partial charge >= 0.3 is 0 Å². The molecule has 4 aromatic rings. The number of carbonyl (C=O) groups is 1. The Bertz CT molecular complexity index is 1540.